The van der Waals surface area contributed by atoms with Gasteiger partial charge in [0, 0.05) is 19.4 Å². The summed E-state index contributed by atoms with van der Waals surface area (Å²) in [4.78, 5) is 34.0. The van der Waals surface area contributed by atoms with E-state index in [0.717, 1.165) is 77.0 Å². The molecule has 2 unspecified atom stereocenters. The van der Waals surface area contributed by atoms with Gasteiger partial charge in [-0.15, -0.1) is 0 Å². The van der Waals surface area contributed by atoms with Crippen LogP contribution < -0.4 is 5.32 Å². The van der Waals surface area contributed by atoms with Crippen molar-refractivity contribution < 1.29 is 37.9 Å². The number of nitrogens with one attached hydrogen (secondary N) is 1. The quantitative estimate of drug-likeness (QED) is 0.0239. The van der Waals surface area contributed by atoms with Gasteiger partial charge in [-0.25, -0.2) is 4.57 Å². The van der Waals surface area contributed by atoms with Crippen molar-refractivity contribution in [3.63, 3.8) is 0 Å². The molecule has 1 amide bonds. The highest BCUT2D eigenvalue weighted by Crippen LogP contribution is 2.42. The Morgan fingerprint density at radius 2 is 0.951 bits per heavy atom. The number of amides is 1. The molecule has 0 aromatic rings. The Kier molecular flexibility index (Phi) is 43.7. The van der Waals surface area contributed by atoms with E-state index >= 15 is 0 Å². The number of hydrogen-bond donors (Lipinski definition) is 3. The molecule has 0 saturated heterocycles. The summed E-state index contributed by atoms with van der Waals surface area (Å²) in [5.74, 6) is -0.618. The zero-order chi connectivity index (χ0) is 44.6. The molecule has 0 radical (unpaired) electrons. The Hall–Kier alpha value is -3.33. The van der Waals surface area contributed by atoms with E-state index in [1.807, 2.05) is 12.2 Å². The molecule has 0 aliphatic heterocycles. The van der Waals surface area contributed by atoms with Crippen LogP contribution in [0, 0.1) is 0 Å². The van der Waals surface area contributed by atoms with Gasteiger partial charge < -0.3 is 20.1 Å². The summed E-state index contributed by atoms with van der Waals surface area (Å²) >= 11 is 0. The lowest BCUT2D eigenvalue weighted by atomic mass is 10.1. The summed E-state index contributed by atoms with van der Waals surface area (Å²) in [6, 6.07) is 0. The highest BCUT2D eigenvalue weighted by atomic mass is 31.2. The monoisotopic (exact) mass is 870 g/mol. The average Bonchev–Trinajstić information content (AvgIpc) is 3.25. The predicted octanol–water partition coefficient (Wildman–Crippen LogP) is 13.5. The van der Waals surface area contributed by atoms with Crippen molar-refractivity contribution in [3.05, 3.63) is 109 Å². The van der Waals surface area contributed by atoms with Crippen LogP contribution >= 0.6 is 7.82 Å². The Labute approximate surface area is 371 Å². The topological polar surface area (TPSA) is 131 Å². The fraction of sp³-hybridized carbons (Fsp3) is 0.608. The summed E-state index contributed by atoms with van der Waals surface area (Å²) in [5.41, 5.74) is 0. The molecule has 3 N–H and O–H groups in total. The molecule has 0 fully saturated rings. The summed E-state index contributed by atoms with van der Waals surface area (Å²) < 4.78 is 26.9. The van der Waals surface area contributed by atoms with Crippen molar-refractivity contribution in [3.8, 4) is 0 Å². The standard InChI is InChI=1S/C51H84NO8P/c1-3-5-7-9-11-13-15-17-19-21-23-24-26-27-29-31-33-35-37-39-41-43-50(54)52-45-46-59-61(56,57)60-48-49(53)47-58-51(55)44-42-40-38-36-34-32-30-28-25-22-20-18-16-14-12-10-8-6-4-2/h6,8,11-14,17-20,23-25,28,32,34,38,40,49,53H,3-5,7,9-10,15-16,21-22,26-27,29-31,33,35-37,39,41-48H2,1-2H3,(H,52,54)(H,56,57)/b8-6-,13-11-,14-12-,19-17-,20-18-,24-23-,28-25-,34-32-,40-38-. The molecular weight excluding hydrogens is 786 g/mol. The van der Waals surface area contributed by atoms with Gasteiger partial charge in [0.1, 0.15) is 12.7 Å². The highest BCUT2D eigenvalue weighted by molar-refractivity contribution is 7.47. The van der Waals surface area contributed by atoms with Crippen LogP contribution in [0.5, 0.6) is 0 Å². The number of rotatable bonds is 42. The molecule has 0 spiro atoms. The maximum Gasteiger partial charge on any atom is 0.472 e. The zero-order valence-electron chi connectivity index (χ0n) is 38.1. The second kappa shape index (κ2) is 46.2. The van der Waals surface area contributed by atoms with Gasteiger partial charge in [-0.3, -0.25) is 18.6 Å². The van der Waals surface area contributed by atoms with Crippen molar-refractivity contribution in [1.29, 1.82) is 0 Å². The lowest BCUT2D eigenvalue weighted by Gasteiger charge is -2.15. The third kappa shape index (κ3) is 47.6. The molecule has 2 atom stereocenters. The predicted molar refractivity (Wildman–Crippen MR) is 256 cm³/mol. The van der Waals surface area contributed by atoms with Crippen LogP contribution in [0.25, 0.3) is 0 Å². The Morgan fingerprint density at radius 1 is 0.525 bits per heavy atom. The van der Waals surface area contributed by atoms with Crippen LogP contribution in [-0.4, -0.2) is 54.3 Å². The van der Waals surface area contributed by atoms with Gasteiger partial charge in [0.05, 0.1) is 13.2 Å². The molecule has 0 aromatic heterocycles. The number of aliphatic hydroxyl groups is 1. The minimum atomic E-state index is -4.45. The number of carbonyl (C=O) groups is 2. The molecule has 9 nitrogen and oxygen atoms in total. The van der Waals surface area contributed by atoms with E-state index in [2.05, 4.69) is 116 Å². The molecule has 10 heteroatoms. The maximum atomic E-state index is 12.1. The van der Waals surface area contributed by atoms with Gasteiger partial charge in [0.15, 0.2) is 0 Å². The Bertz CT molecular complexity index is 1360. The zero-order valence-corrected chi connectivity index (χ0v) is 39.0. The smallest absolute Gasteiger partial charge is 0.463 e. The van der Waals surface area contributed by atoms with Crippen LogP contribution in [-0.2, 0) is 27.9 Å². The average molecular weight is 870 g/mol. The summed E-state index contributed by atoms with van der Waals surface area (Å²) in [5, 5.41) is 12.7. The number of ether oxygens (including phenoxy) is 1. The Morgan fingerprint density at radius 3 is 1.44 bits per heavy atom. The summed E-state index contributed by atoms with van der Waals surface area (Å²) in [7, 11) is -4.45. The number of carbonyl (C=O) groups excluding carboxylic acids is 2. The molecule has 0 aliphatic rings. The van der Waals surface area contributed by atoms with E-state index in [9.17, 15) is 24.2 Å². The first-order valence-electron chi connectivity index (χ1n) is 23.4. The van der Waals surface area contributed by atoms with Crippen LogP contribution in [0.15, 0.2) is 109 Å². The van der Waals surface area contributed by atoms with Gasteiger partial charge in [0.25, 0.3) is 0 Å². The number of unbranched alkanes of at least 4 members (excludes halogenated alkanes) is 11. The van der Waals surface area contributed by atoms with Crippen LogP contribution in [0.2, 0.25) is 0 Å². The van der Waals surface area contributed by atoms with E-state index in [4.69, 9.17) is 13.8 Å². The number of aliphatic hydroxyl groups excluding tert-OH is 1. The maximum absolute atomic E-state index is 12.1. The van der Waals surface area contributed by atoms with Crippen molar-refractivity contribution >= 4 is 19.7 Å². The normalized spacial score (nSPS) is 14.2. The number of phosphoric acid groups is 1. The van der Waals surface area contributed by atoms with Crippen molar-refractivity contribution in [2.45, 2.75) is 174 Å². The van der Waals surface area contributed by atoms with Gasteiger partial charge >= 0.3 is 13.8 Å². The van der Waals surface area contributed by atoms with Crippen LogP contribution in [0.1, 0.15) is 168 Å². The van der Waals surface area contributed by atoms with Gasteiger partial charge in [-0.05, 0) is 89.9 Å². The van der Waals surface area contributed by atoms with Crippen LogP contribution in [0.4, 0.5) is 0 Å². The van der Waals surface area contributed by atoms with Gasteiger partial charge in [-0.1, -0.05) is 175 Å². The minimum Gasteiger partial charge on any atom is -0.463 e. The van der Waals surface area contributed by atoms with Crippen molar-refractivity contribution in [2.24, 2.45) is 0 Å². The molecule has 0 aromatic carbocycles. The third-order valence-electron chi connectivity index (χ3n) is 9.20. The fourth-order valence-electron chi connectivity index (χ4n) is 5.71. The first-order chi connectivity index (χ1) is 29.8. The lowest BCUT2D eigenvalue weighted by molar-refractivity contribution is -0.147. The molecule has 0 saturated carbocycles. The number of allylic oxidation sites excluding steroid dienone is 18. The highest BCUT2D eigenvalue weighted by Gasteiger charge is 2.23. The fourth-order valence-corrected chi connectivity index (χ4v) is 6.46. The van der Waals surface area contributed by atoms with Crippen molar-refractivity contribution in [2.75, 3.05) is 26.4 Å². The number of phosphoric ester groups is 1. The lowest BCUT2D eigenvalue weighted by Crippen LogP contribution is -2.27. The second-order valence-electron chi connectivity index (χ2n) is 15.0. The second-order valence-corrected chi connectivity index (χ2v) is 16.4. The van der Waals surface area contributed by atoms with Gasteiger partial charge in [0.2, 0.25) is 5.91 Å². The first-order valence-corrected chi connectivity index (χ1v) is 24.9. The molecule has 0 rings (SSSR count). The molecular formula is C51H84NO8P. The summed E-state index contributed by atoms with van der Waals surface area (Å²) in [6.07, 6.45) is 61.7. The van der Waals surface area contributed by atoms with E-state index in [-0.39, 0.29) is 32.1 Å². The minimum absolute atomic E-state index is 0.0619. The largest absolute Gasteiger partial charge is 0.472 e. The SMILES string of the molecule is CC/C=C\C/C=C\C/C=C\C/C=C\C/C=C\C/C=C\CCC(=O)OCC(O)COP(=O)(O)OCCNC(=O)CCCCCCCCCC/C=C\C/C=C\C/C=C\CCCCC. The van der Waals surface area contributed by atoms with Crippen molar-refractivity contribution in [1.82, 2.24) is 5.32 Å². The van der Waals surface area contributed by atoms with E-state index in [0.29, 0.717) is 12.8 Å². The van der Waals surface area contributed by atoms with E-state index < -0.39 is 26.5 Å². The number of esters is 1. The molecule has 0 heterocycles. The molecule has 0 aliphatic carbocycles. The number of hydrogen-bond acceptors (Lipinski definition) is 7. The van der Waals surface area contributed by atoms with E-state index in [1.54, 1.807) is 0 Å². The van der Waals surface area contributed by atoms with E-state index in [1.165, 1.54) is 57.8 Å². The molecule has 61 heavy (non-hydrogen) atoms. The third-order valence-corrected chi connectivity index (χ3v) is 10.2. The van der Waals surface area contributed by atoms with Gasteiger partial charge in [-0.2, -0.15) is 0 Å². The summed E-state index contributed by atoms with van der Waals surface area (Å²) in [6.45, 7) is 3.30. The Balaban J connectivity index is 3.71. The molecule has 346 valence electrons. The molecule has 0 bridgehead atoms. The first kappa shape index (κ1) is 57.7. The van der Waals surface area contributed by atoms with Crippen LogP contribution in [0.3, 0.4) is 0 Å².